The Morgan fingerprint density at radius 3 is 2.80 bits per heavy atom. The summed E-state index contributed by atoms with van der Waals surface area (Å²) in [5, 5.41) is 4.21. The Bertz CT molecular complexity index is 1370. The Morgan fingerprint density at radius 1 is 1.11 bits per heavy atom. The molecule has 4 heterocycles. The van der Waals surface area contributed by atoms with Crippen LogP contribution in [0.2, 0.25) is 0 Å². The standard InChI is InChI=1S/C26H27N7O2/c1-32-16-19(14-30-32)22-13-18(9-10-28-22)25(34)33-11-4-3-8-23(33)24-21(15-29-26(27)31-24)17-6-5-7-20(12-17)35-2/h5-7,9-10,12-16,23H,3-4,8,11H2,1-2H3,(H2,27,29,31)/t23-/m0/s1. The first-order valence-corrected chi connectivity index (χ1v) is 11.6. The number of nitrogens with zero attached hydrogens (tertiary/aromatic N) is 6. The first kappa shape index (κ1) is 22.5. The number of carbonyl (C=O) groups excluding carboxylic acids is 1. The average Bonchev–Trinajstić information content (AvgIpc) is 3.34. The molecule has 0 aliphatic carbocycles. The number of hydrogen-bond acceptors (Lipinski definition) is 7. The van der Waals surface area contributed by atoms with Crippen LogP contribution in [0.1, 0.15) is 41.4 Å². The van der Waals surface area contributed by atoms with Crippen molar-refractivity contribution in [1.82, 2.24) is 29.6 Å². The maximum Gasteiger partial charge on any atom is 0.254 e. The number of aromatic nitrogens is 5. The minimum Gasteiger partial charge on any atom is -0.497 e. The molecule has 9 heteroatoms. The van der Waals surface area contributed by atoms with Crippen molar-refractivity contribution < 1.29 is 9.53 Å². The lowest BCUT2D eigenvalue weighted by atomic mass is 9.93. The molecule has 0 saturated carbocycles. The molecule has 0 bridgehead atoms. The molecule has 9 nitrogen and oxygen atoms in total. The fourth-order valence-corrected chi connectivity index (χ4v) is 4.58. The zero-order valence-electron chi connectivity index (χ0n) is 19.8. The molecule has 5 rings (SSSR count). The largest absolute Gasteiger partial charge is 0.497 e. The van der Waals surface area contributed by atoms with Gasteiger partial charge in [0.1, 0.15) is 5.75 Å². The number of benzene rings is 1. The van der Waals surface area contributed by atoms with Gasteiger partial charge in [-0.25, -0.2) is 9.97 Å². The van der Waals surface area contributed by atoms with E-state index in [0.717, 1.165) is 47.4 Å². The minimum atomic E-state index is -0.224. The van der Waals surface area contributed by atoms with E-state index in [1.165, 1.54) is 0 Å². The van der Waals surface area contributed by atoms with E-state index < -0.39 is 0 Å². The van der Waals surface area contributed by atoms with Gasteiger partial charge in [-0.05, 0) is 49.1 Å². The van der Waals surface area contributed by atoms with Gasteiger partial charge in [0, 0.05) is 48.9 Å². The zero-order chi connectivity index (χ0) is 24.4. The van der Waals surface area contributed by atoms with Gasteiger partial charge in [-0.3, -0.25) is 14.5 Å². The van der Waals surface area contributed by atoms with Crippen molar-refractivity contribution in [2.45, 2.75) is 25.3 Å². The second kappa shape index (κ2) is 9.54. The van der Waals surface area contributed by atoms with Crippen LogP contribution >= 0.6 is 0 Å². The number of nitrogens with two attached hydrogens (primary N) is 1. The normalized spacial score (nSPS) is 15.7. The van der Waals surface area contributed by atoms with Crippen molar-refractivity contribution in [2.24, 2.45) is 7.05 Å². The summed E-state index contributed by atoms with van der Waals surface area (Å²) in [5.41, 5.74) is 10.7. The first-order chi connectivity index (χ1) is 17.0. The predicted octanol–water partition coefficient (Wildman–Crippen LogP) is 3.90. The number of piperidine rings is 1. The summed E-state index contributed by atoms with van der Waals surface area (Å²) in [7, 11) is 3.49. The lowest BCUT2D eigenvalue weighted by Crippen LogP contribution is -2.39. The Kier molecular flexibility index (Phi) is 6.13. The van der Waals surface area contributed by atoms with Crippen LogP contribution < -0.4 is 10.5 Å². The molecule has 1 atom stereocenters. The van der Waals surface area contributed by atoms with Gasteiger partial charge in [0.25, 0.3) is 5.91 Å². The van der Waals surface area contributed by atoms with Gasteiger partial charge < -0.3 is 15.4 Å². The third-order valence-corrected chi connectivity index (χ3v) is 6.30. The Labute approximate surface area is 203 Å². The van der Waals surface area contributed by atoms with E-state index in [9.17, 15) is 4.79 Å². The second-order valence-electron chi connectivity index (χ2n) is 8.60. The molecule has 1 fully saturated rings. The molecule has 1 aliphatic rings. The molecule has 35 heavy (non-hydrogen) atoms. The molecule has 2 N–H and O–H groups in total. The van der Waals surface area contributed by atoms with Crippen LogP contribution in [0.15, 0.2) is 61.2 Å². The predicted molar refractivity (Wildman–Crippen MR) is 132 cm³/mol. The van der Waals surface area contributed by atoms with E-state index in [1.807, 2.05) is 48.5 Å². The number of likely N-dealkylation sites (tertiary alicyclic amines) is 1. The van der Waals surface area contributed by atoms with Crippen LogP contribution in [-0.2, 0) is 7.05 Å². The molecule has 4 aromatic rings. The summed E-state index contributed by atoms with van der Waals surface area (Å²) < 4.78 is 7.12. The number of anilines is 1. The number of rotatable bonds is 5. The highest BCUT2D eigenvalue weighted by Gasteiger charge is 2.32. The summed E-state index contributed by atoms with van der Waals surface area (Å²) in [4.78, 5) is 29.0. The monoisotopic (exact) mass is 469 g/mol. The molecule has 0 unspecified atom stereocenters. The third kappa shape index (κ3) is 4.57. The van der Waals surface area contributed by atoms with E-state index in [1.54, 1.807) is 36.4 Å². The van der Waals surface area contributed by atoms with E-state index in [4.69, 9.17) is 10.5 Å². The summed E-state index contributed by atoms with van der Waals surface area (Å²) in [6, 6.07) is 11.1. The van der Waals surface area contributed by atoms with Crippen LogP contribution in [0.25, 0.3) is 22.4 Å². The van der Waals surface area contributed by atoms with Gasteiger partial charge in [0.15, 0.2) is 0 Å². The second-order valence-corrected chi connectivity index (χ2v) is 8.60. The molecule has 1 aromatic carbocycles. The van der Waals surface area contributed by atoms with Crippen molar-refractivity contribution in [3.05, 3.63) is 72.4 Å². The van der Waals surface area contributed by atoms with Gasteiger partial charge in [0.2, 0.25) is 5.95 Å². The number of hydrogen-bond donors (Lipinski definition) is 1. The third-order valence-electron chi connectivity index (χ3n) is 6.30. The number of nitrogen functional groups attached to an aromatic ring is 1. The van der Waals surface area contributed by atoms with Crippen molar-refractivity contribution in [2.75, 3.05) is 19.4 Å². The van der Waals surface area contributed by atoms with Crippen molar-refractivity contribution in [3.8, 4) is 28.1 Å². The highest BCUT2D eigenvalue weighted by Crippen LogP contribution is 2.37. The van der Waals surface area contributed by atoms with E-state index >= 15 is 0 Å². The van der Waals surface area contributed by atoms with Gasteiger partial charge in [-0.2, -0.15) is 5.10 Å². The molecule has 1 amide bonds. The fraction of sp³-hybridized carbons (Fsp3) is 0.269. The molecule has 3 aromatic heterocycles. The van der Waals surface area contributed by atoms with E-state index in [2.05, 4.69) is 20.1 Å². The molecular weight excluding hydrogens is 442 g/mol. The van der Waals surface area contributed by atoms with Crippen molar-refractivity contribution in [1.29, 1.82) is 0 Å². The first-order valence-electron chi connectivity index (χ1n) is 11.6. The van der Waals surface area contributed by atoms with E-state index in [0.29, 0.717) is 17.8 Å². The molecule has 0 spiro atoms. The summed E-state index contributed by atoms with van der Waals surface area (Å²) in [6.45, 7) is 0.634. The zero-order valence-corrected chi connectivity index (χ0v) is 19.8. The summed E-state index contributed by atoms with van der Waals surface area (Å²) >= 11 is 0. The lowest BCUT2D eigenvalue weighted by Gasteiger charge is -2.36. The molecule has 1 aliphatic heterocycles. The van der Waals surface area contributed by atoms with Gasteiger partial charge in [0.05, 0.1) is 30.7 Å². The maximum atomic E-state index is 13.8. The number of amides is 1. The van der Waals surface area contributed by atoms with Crippen LogP contribution in [0.3, 0.4) is 0 Å². The summed E-state index contributed by atoms with van der Waals surface area (Å²) in [6.07, 6.45) is 9.73. The van der Waals surface area contributed by atoms with Gasteiger partial charge in [-0.1, -0.05) is 12.1 Å². The molecule has 178 valence electrons. The SMILES string of the molecule is COc1cccc(-c2cnc(N)nc2[C@@H]2CCCCN2C(=O)c2ccnc(-c3cnn(C)c3)c2)c1. The topological polar surface area (TPSA) is 112 Å². The minimum absolute atomic E-state index is 0.0592. The number of aryl methyl sites for hydroxylation is 1. The van der Waals surface area contributed by atoms with Crippen LogP contribution in [0, 0.1) is 0 Å². The van der Waals surface area contributed by atoms with Crippen molar-refractivity contribution >= 4 is 11.9 Å². The highest BCUT2D eigenvalue weighted by molar-refractivity contribution is 5.95. The fourth-order valence-electron chi connectivity index (χ4n) is 4.58. The van der Waals surface area contributed by atoms with Crippen molar-refractivity contribution in [3.63, 3.8) is 0 Å². The molecular formula is C26H27N7O2. The quantitative estimate of drug-likeness (QED) is 0.472. The number of carbonyl (C=O) groups is 1. The van der Waals surface area contributed by atoms with Gasteiger partial charge >= 0.3 is 0 Å². The Balaban J connectivity index is 1.52. The highest BCUT2D eigenvalue weighted by atomic mass is 16.5. The lowest BCUT2D eigenvalue weighted by molar-refractivity contribution is 0.0606. The van der Waals surface area contributed by atoms with Crippen LogP contribution in [0.5, 0.6) is 5.75 Å². The number of ether oxygens (including phenoxy) is 1. The van der Waals surface area contributed by atoms with Crippen LogP contribution in [-0.4, -0.2) is 49.2 Å². The van der Waals surface area contributed by atoms with E-state index in [-0.39, 0.29) is 17.9 Å². The summed E-state index contributed by atoms with van der Waals surface area (Å²) in [5.74, 6) is 0.866. The maximum absolute atomic E-state index is 13.8. The smallest absolute Gasteiger partial charge is 0.254 e. The van der Waals surface area contributed by atoms with Crippen LogP contribution in [0.4, 0.5) is 5.95 Å². The Hall–Kier alpha value is -4.27. The molecule has 0 radical (unpaired) electrons. The molecule has 1 saturated heterocycles. The number of pyridine rings is 1. The average molecular weight is 470 g/mol. The van der Waals surface area contributed by atoms with Gasteiger partial charge in [-0.15, -0.1) is 0 Å². The number of methoxy groups -OCH3 is 1. The Morgan fingerprint density at radius 2 is 2.00 bits per heavy atom.